The Hall–Kier alpha value is -3.16. The Bertz CT molecular complexity index is 1250. The number of thioether (sulfide) groups is 1. The summed E-state index contributed by atoms with van der Waals surface area (Å²) < 4.78 is 28.7. The van der Waals surface area contributed by atoms with E-state index in [9.17, 15) is 13.2 Å². The van der Waals surface area contributed by atoms with Gasteiger partial charge in [0, 0.05) is 0 Å². The van der Waals surface area contributed by atoms with Crippen LogP contribution >= 0.6 is 11.8 Å². The van der Waals surface area contributed by atoms with E-state index >= 15 is 0 Å². The van der Waals surface area contributed by atoms with Gasteiger partial charge in [0.15, 0.2) is 5.17 Å². The van der Waals surface area contributed by atoms with Crippen molar-refractivity contribution in [3.8, 4) is 11.1 Å². The molecule has 3 aromatic rings. The van der Waals surface area contributed by atoms with Crippen molar-refractivity contribution in [3.05, 3.63) is 94.9 Å². The number of carbonyl (C=O) groups is 1. The highest BCUT2D eigenvalue weighted by atomic mass is 32.2. The highest BCUT2D eigenvalue weighted by Gasteiger charge is 2.26. The molecule has 150 valence electrons. The largest absolute Gasteiger partial charge is 0.300 e. The number of amidine groups is 1. The number of amides is 1. The second kappa shape index (κ2) is 8.30. The second-order valence-electron chi connectivity index (χ2n) is 6.74. The number of benzene rings is 3. The first-order valence-electron chi connectivity index (χ1n) is 9.19. The summed E-state index contributed by atoms with van der Waals surface area (Å²) >= 11 is 1.01. The summed E-state index contributed by atoms with van der Waals surface area (Å²) in [4.78, 5) is 12.7. The van der Waals surface area contributed by atoms with Crippen molar-refractivity contribution in [1.29, 1.82) is 0 Å². The normalized spacial score (nSPS) is 16.8. The lowest BCUT2D eigenvalue weighted by Gasteiger charge is -2.02. The van der Waals surface area contributed by atoms with E-state index in [1.165, 1.54) is 12.1 Å². The maximum atomic E-state index is 12.5. The molecule has 7 heteroatoms. The maximum absolute atomic E-state index is 12.5. The minimum Gasteiger partial charge on any atom is -0.300 e. The molecule has 1 aliphatic heterocycles. The molecule has 1 aliphatic rings. The fourth-order valence-corrected chi connectivity index (χ4v) is 4.88. The summed E-state index contributed by atoms with van der Waals surface area (Å²) in [5.74, 6) is -0.370. The first-order chi connectivity index (χ1) is 14.4. The third-order valence-electron chi connectivity index (χ3n) is 4.49. The van der Waals surface area contributed by atoms with Crippen molar-refractivity contribution in [2.75, 3.05) is 0 Å². The number of nitrogens with zero attached hydrogens (tertiary/aromatic N) is 1. The highest BCUT2D eigenvalue weighted by molar-refractivity contribution is 8.19. The average molecular weight is 435 g/mol. The SMILES string of the molecule is Cc1ccc(S(=O)(=O)/N=C2\NC(=O)/C(=C/c3ccc(-c4ccccc4)cc3)S2)cc1. The lowest BCUT2D eigenvalue weighted by Crippen LogP contribution is -2.20. The van der Waals surface area contributed by atoms with Gasteiger partial charge in [0.25, 0.3) is 15.9 Å². The monoisotopic (exact) mass is 434 g/mol. The first kappa shape index (κ1) is 20.1. The molecule has 1 fully saturated rings. The summed E-state index contributed by atoms with van der Waals surface area (Å²) in [6.07, 6.45) is 1.72. The van der Waals surface area contributed by atoms with Crippen LogP contribution in [0, 0.1) is 6.92 Å². The fraction of sp³-hybridized carbons (Fsp3) is 0.0435. The van der Waals surface area contributed by atoms with Gasteiger partial charge in [0.05, 0.1) is 9.80 Å². The molecule has 0 atom stereocenters. The van der Waals surface area contributed by atoms with E-state index in [1.807, 2.05) is 61.5 Å². The van der Waals surface area contributed by atoms with Crippen molar-refractivity contribution in [2.45, 2.75) is 11.8 Å². The molecule has 1 saturated heterocycles. The van der Waals surface area contributed by atoms with Crippen LogP contribution in [0.4, 0.5) is 0 Å². The molecule has 5 nitrogen and oxygen atoms in total. The zero-order valence-corrected chi connectivity index (χ0v) is 17.7. The Morgan fingerprint density at radius 1 is 0.867 bits per heavy atom. The molecule has 0 aliphatic carbocycles. The summed E-state index contributed by atoms with van der Waals surface area (Å²) in [5.41, 5.74) is 3.98. The topological polar surface area (TPSA) is 75.6 Å². The van der Waals surface area contributed by atoms with E-state index in [2.05, 4.69) is 9.71 Å². The van der Waals surface area contributed by atoms with Gasteiger partial charge >= 0.3 is 0 Å². The van der Waals surface area contributed by atoms with Crippen LogP contribution in [0.3, 0.4) is 0 Å². The highest BCUT2D eigenvalue weighted by Crippen LogP contribution is 2.28. The number of carbonyl (C=O) groups excluding carboxylic acids is 1. The van der Waals surface area contributed by atoms with Crippen LogP contribution in [0.2, 0.25) is 0 Å². The average Bonchev–Trinajstić information content (AvgIpc) is 3.07. The molecule has 0 spiro atoms. The smallest absolute Gasteiger partial charge is 0.284 e. The van der Waals surface area contributed by atoms with Crippen LogP contribution in [0.5, 0.6) is 0 Å². The molecule has 0 saturated carbocycles. The minimum atomic E-state index is -3.89. The van der Waals surface area contributed by atoms with Gasteiger partial charge in [-0.3, -0.25) is 10.1 Å². The Balaban J connectivity index is 1.54. The Labute approximate surface area is 179 Å². The predicted octanol–water partition coefficient (Wildman–Crippen LogP) is 4.61. The molecule has 0 unspecified atom stereocenters. The van der Waals surface area contributed by atoms with Gasteiger partial charge in [-0.15, -0.1) is 4.40 Å². The van der Waals surface area contributed by atoms with Crippen molar-refractivity contribution < 1.29 is 13.2 Å². The molecular formula is C23H18N2O3S2. The minimum absolute atomic E-state index is 0.0488. The molecule has 0 radical (unpaired) electrons. The van der Waals surface area contributed by atoms with Crippen molar-refractivity contribution in [3.63, 3.8) is 0 Å². The molecule has 0 aromatic heterocycles. The van der Waals surface area contributed by atoms with E-state index in [4.69, 9.17) is 0 Å². The van der Waals surface area contributed by atoms with E-state index in [0.717, 1.165) is 34.0 Å². The molecule has 1 N–H and O–H groups in total. The van der Waals surface area contributed by atoms with Crippen LogP contribution in [-0.4, -0.2) is 19.5 Å². The quantitative estimate of drug-likeness (QED) is 0.609. The number of nitrogens with one attached hydrogen (secondary N) is 1. The van der Waals surface area contributed by atoms with Gasteiger partial charge in [0.2, 0.25) is 0 Å². The molecular weight excluding hydrogens is 416 g/mol. The number of hydrogen-bond donors (Lipinski definition) is 1. The van der Waals surface area contributed by atoms with Crippen LogP contribution in [0.25, 0.3) is 17.2 Å². The fourth-order valence-electron chi connectivity index (χ4n) is 2.90. The third-order valence-corrected chi connectivity index (χ3v) is 6.80. The van der Waals surface area contributed by atoms with Gasteiger partial charge in [-0.05, 0) is 53.6 Å². The Morgan fingerprint density at radius 3 is 2.17 bits per heavy atom. The van der Waals surface area contributed by atoms with Crippen LogP contribution in [0.1, 0.15) is 11.1 Å². The number of rotatable bonds is 4. The van der Waals surface area contributed by atoms with Gasteiger partial charge < -0.3 is 0 Å². The van der Waals surface area contributed by atoms with Gasteiger partial charge in [-0.2, -0.15) is 8.42 Å². The lowest BCUT2D eigenvalue weighted by molar-refractivity contribution is -0.115. The summed E-state index contributed by atoms with van der Waals surface area (Å²) in [6.45, 7) is 1.87. The van der Waals surface area contributed by atoms with Gasteiger partial charge in [0.1, 0.15) is 0 Å². The maximum Gasteiger partial charge on any atom is 0.284 e. The van der Waals surface area contributed by atoms with E-state index in [0.29, 0.717) is 4.91 Å². The third kappa shape index (κ3) is 4.53. The summed E-state index contributed by atoms with van der Waals surface area (Å²) in [7, 11) is -3.89. The molecule has 30 heavy (non-hydrogen) atoms. The van der Waals surface area contributed by atoms with Gasteiger partial charge in [-0.1, -0.05) is 72.3 Å². The van der Waals surface area contributed by atoms with E-state index in [1.54, 1.807) is 18.2 Å². The number of sulfonamides is 1. The molecule has 1 amide bonds. The van der Waals surface area contributed by atoms with Crippen molar-refractivity contribution >= 4 is 38.9 Å². The van der Waals surface area contributed by atoms with E-state index in [-0.39, 0.29) is 16.0 Å². The molecule has 0 bridgehead atoms. The Morgan fingerprint density at radius 2 is 1.50 bits per heavy atom. The van der Waals surface area contributed by atoms with Crippen molar-refractivity contribution in [2.24, 2.45) is 4.40 Å². The van der Waals surface area contributed by atoms with Crippen LogP contribution in [0.15, 0.2) is 93.1 Å². The predicted molar refractivity (Wildman–Crippen MR) is 121 cm³/mol. The standard InChI is InChI=1S/C23H18N2O3S2/c1-16-7-13-20(14-8-16)30(27,28)25-23-24-22(26)21(29-23)15-17-9-11-19(12-10-17)18-5-3-2-4-6-18/h2-15H,1H3,(H,24,25,26)/b21-15-. The summed E-state index contributed by atoms with van der Waals surface area (Å²) in [5, 5.41) is 2.57. The van der Waals surface area contributed by atoms with Crippen LogP contribution in [-0.2, 0) is 14.8 Å². The lowest BCUT2D eigenvalue weighted by atomic mass is 10.0. The number of hydrogen-bond acceptors (Lipinski definition) is 4. The number of aryl methyl sites for hydroxylation is 1. The zero-order valence-electron chi connectivity index (χ0n) is 16.1. The molecule has 1 heterocycles. The summed E-state index contributed by atoms with van der Waals surface area (Å²) in [6, 6.07) is 24.2. The van der Waals surface area contributed by atoms with Crippen molar-refractivity contribution in [1.82, 2.24) is 5.32 Å². The molecule has 3 aromatic carbocycles. The molecule has 4 rings (SSSR count). The van der Waals surface area contributed by atoms with Crippen LogP contribution < -0.4 is 5.32 Å². The van der Waals surface area contributed by atoms with Gasteiger partial charge in [-0.25, -0.2) is 0 Å². The second-order valence-corrected chi connectivity index (χ2v) is 9.37. The zero-order chi connectivity index (χ0) is 21.1. The van der Waals surface area contributed by atoms with E-state index < -0.39 is 10.0 Å². The first-order valence-corrected chi connectivity index (χ1v) is 11.4. The Kier molecular flexibility index (Phi) is 5.57.